The molecule has 2 amide bonds. The van der Waals surface area contributed by atoms with E-state index in [-0.39, 0.29) is 42.7 Å². The summed E-state index contributed by atoms with van der Waals surface area (Å²) in [6.45, 7) is 3.80. The lowest BCUT2D eigenvalue weighted by Gasteiger charge is -2.21. The molecule has 1 aliphatic rings. The van der Waals surface area contributed by atoms with E-state index in [1.54, 1.807) is 0 Å². The van der Waals surface area contributed by atoms with Crippen LogP contribution in [0.15, 0.2) is 0 Å². The summed E-state index contributed by atoms with van der Waals surface area (Å²) >= 11 is 0. The molecule has 0 heterocycles. The fraction of sp³-hybridized carbons (Fsp3) is 0.867. The molecule has 1 saturated carbocycles. The number of nitrogens with one attached hydrogen (secondary N) is 2. The second-order valence-corrected chi connectivity index (χ2v) is 6.10. The quantitative estimate of drug-likeness (QED) is 0.721. The van der Waals surface area contributed by atoms with Crippen molar-refractivity contribution in [2.24, 2.45) is 11.7 Å². The summed E-state index contributed by atoms with van der Waals surface area (Å²) in [6.07, 6.45) is 8.27. The summed E-state index contributed by atoms with van der Waals surface area (Å²) < 4.78 is 0. The van der Waals surface area contributed by atoms with E-state index in [2.05, 4.69) is 10.6 Å². The highest BCUT2D eigenvalue weighted by Crippen LogP contribution is 2.16. The number of amides is 2. The van der Waals surface area contributed by atoms with Crippen molar-refractivity contribution < 1.29 is 9.59 Å². The molecule has 0 unspecified atom stereocenters. The third-order valence-corrected chi connectivity index (χ3v) is 3.91. The van der Waals surface area contributed by atoms with Gasteiger partial charge in [0.2, 0.25) is 11.8 Å². The third-order valence-electron chi connectivity index (χ3n) is 3.91. The predicted molar refractivity (Wildman–Crippen MR) is 87.3 cm³/mol. The molecule has 0 bridgehead atoms. The fourth-order valence-corrected chi connectivity index (χ4v) is 2.47. The highest BCUT2D eigenvalue weighted by molar-refractivity contribution is 5.87. The molecule has 6 heteroatoms. The Morgan fingerprint density at radius 1 is 1.10 bits per heavy atom. The van der Waals surface area contributed by atoms with E-state index in [0.29, 0.717) is 0 Å². The van der Waals surface area contributed by atoms with E-state index in [9.17, 15) is 9.59 Å². The average molecular weight is 320 g/mol. The van der Waals surface area contributed by atoms with Gasteiger partial charge < -0.3 is 16.4 Å². The van der Waals surface area contributed by atoms with Crippen LogP contribution in [0.1, 0.15) is 58.8 Å². The molecule has 1 rings (SSSR count). The van der Waals surface area contributed by atoms with Gasteiger partial charge in [0.1, 0.15) is 0 Å². The zero-order chi connectivity index (χ0) is 15.0. The van der Waals surface area contributed by atoms with Gasteiger partial charge in [-0.15, -0.1) is 12.4 Å². The first-order valence-corrected chi connectivity index (χ1v) is 7.83. The normalized spacial score (nSPS) is 18.1. The first kappa shape index (κ1) is 20.2. The molecule has 1 fully saturated rings. The molecule has 5 nitrogen and oxygen atoms in total. The summed E-state index contributed by atoms with van der Waals surface area (Å²) in [5, 5.41) is 5.62. The molecule has 0 spiro atoms. The van der Waals surface area contributed by atoms with Crippen molar-refractivity contribution in [3.8, 4) is 0 Å². The minimum atomic E-state index is -0.552. The van der Waals surface area contributed by atoms with Gasteiger partial charge in [0.05, 0.1) is 12.6 Å². The number of hydrogen-bond acceptors (Lipinski definition) is 3. The van der Waals surface area contributed by atoms with Gasteiger partial charge in [-0.3, -0.25) is 9.59 Å². The van der Waals surface area contributed by atoms with Crippen LogP contribution < -0.4 is 16.4 Å². The lowest BCUT2D eigenvalue weighted by atomic mass is 9.97. The number of hydrogen-bond donors (Lipinski definition) is 3. The maximum absolute atomic E-state index is 11.8. The zero-order valence-electron chi connectivity index (χ0n) is 13.2. The molecule has 0 aliphatic heterocycles. The molecule has 0 aromatic heterocycles. The largest absolute Gasteiger partial charge is 0.352 e. The van der Waals surface area contributed by atoms with Gasteiger partial charge in [0.25, 0.3) is 0 Å². The van der Waals surface area contributed by atoms with Crippen molar-refractivity contribution in [3.63, 3.8) is 0 Å². The van der Waals surface area contributed by atoms with Gasteiger partial charge in [-0.25, -0.2) is 0 Å². The monoisotopic (exact) mass is 319 g/mol. The van der Waals surface area contributed by atoms with Gasteiger partial charge >= 0.3 is 0 Å². The number of halogens is 1. The van der Waals surface area contributed by atoms with E-state index in [0.717, 1.165) is 12.8 Å². The molecule has 0 aromatic carbocycles. The van der Waals surface area contributed by atoms with Crippen LogP contribution in [0.5, 0.6) is 0 Å². The SMILES string of the molecule is CC(C)[C@H](N)C(=O)NCC(=O)NC1CCCCCCC1.Cl. The highest BCUT2D eigenvalue weighted by Gasteiger charge is 2.18. The first-order chi connectivity index (χ1) is 9.50. The molecule has 4 N–H and O–H groups in total. The Bertz CT molecular complexity index is 316. The third kappa shape index (κ3) is 8.27. The van der Waals surface area contributed by atoms with Crippen molar-refractivity contribution in [1.29, 1.82) is 0 Å². The van der Waals surface area contributed by atoms with Crippen molar-refractivity contribution >= 4 is 24.2 Å². The average Bonchev–Trinajstić information content (AvgIpc) is 2.38. The standard InChI is InChI=1S/C15H29N3O2.ClH/c1-11(2)14(16)15(20)17-10-13(19)18-12-8-6-4-3-5-7-9-12;/h11-12,14H,3-10,16H2,1-2H3,(H,17,20)(H,18,19);1H/t14-;/m0./s1. The minimum Gasteiger partial charge on any atom is -0.352 e. The molecule has 0 radical (unpaired) electrons. The fourth-order valence-electron chi connectivity index (χ4n) is 2.47. The Morgan fingerprint density at radius 2 is 1.62 bits per heavy atom. The topological polar surface area (TPSA) is 84.2 Å². The van der Waals surface area contributed by atoms with Gasteiger partial charge in [-0.05, 0) is 18.8 Å². The van der Waals surface area contributed by atoms with Crippen LogP contribution in [0.2, 0.25) is 0 Å². The smallest absolute Gasteiger partial charge is 0.239 e. The van der Waals surface area contributed by atoms with E-state index in [4.69, 9.17) is 5.73 Å². The van der Waals surface area contributed by atoms with Crippen LogP contribution in [-0.2, 0) is 9.59 Å². The van der Waals surface area contributed by atoms with E-state index in [1.807, 2.05) is 13.8 Å². The van der Waals surface area contributed by atoms with Crippen molar-refractivity contribution in [1.82, 2.24) is 10.6 Å². The number of carbonyl (C=O) groups is 2. The Labute approximate surface area is 134 Å². The maximum Gasteiger partial charge on any atom is 0.239 e. The van der Waals surface area contributed by atoms with Crippen molar-refractivity contribution in [2.45, 2.75) is 70.9 Å². The maximum atomic E-state index is 11.8. The Morgan fingerprint density at radius 3 is 2.14 bits per heavy atom. The Hall–Kier alpha value is -0.810. The molecule has 0 saturated heterocycles. The lowest BCUT2D eigenvalue weighted by molar-refractivity contribution is -0.127. The van der Waals surface area contributed by atoms with Crippen molar-refractivity contribution in [3.05, 3.63) is 0 Å². The minimum absolute atomic E-state index is 0. The van der Waals surface area contributed by atoms with E-state index < -0.39 is 6.04 Å². The molecular weight excluding hydrogens is 290 g/mol. The summed E-state index contributed by atoms with van der Waals surface area (Å²) in [5.74, 6) is -0.295. The zero-order valence-corrected chi connectivity index (χ0v) is 14.0. The van der Waals surface area contributed by atoms with Gasteiger partial charge in [0, 0.05) is 6.04 Å². The second kappa shape index (κ2) is 10.9. The molecule has 0 aromatic rings. The predicted octanol–water partition coefficient (Wildman–Crippen LogP) is 1.74. The summed E-state index contributed by atoms with van der Waals surface area (Å²) in [6, 6.07) is -0.289. The molecule has 1 atom stereocenters. The van der Waals surface area contributed by atoms with Crippen LogP contribution in [0.25, 0.3) is 0 Å². The summed E-state index contributed by atoms with van der Waals surface area (Å²) in [7, 11) is 0. The number of rotatable bonds is 5. The first-order valence-electron chi connectivity index (χ1n) is 7.83. The van der Waals surface area contributed by atoms with Crippen LogP contribution in [0.4, 0.5) is 0 Å². The highest BCUT2D eigenvalue weighted by atomic mass is 35.5. The number of nitrogens with two attached hydrogens (primary N) is 1. The Balaban J connectivity index is 0.00000400. The van der Waals surface area contributed by atoms with Crippen LogP contribution in [0, 0.1) is 5.92 Å². The van der Waals surface area contributed by atoms with Gasteiger partial charge in [-0.1, -0.05) is 46.0 Å². The Kier molecular flexibility index (Phi) is 10.4. The van der Waals surface area contributed by atoms with Gasteiger partial charge in [-0.2, -0.15) is 0 Å². The van der Waals surface area contributed by atoms with Crippen LogP contribution >= 0.6 is 12.4 Å². The lowest BCUT2D eigenvalue weighted by Crippen LogP contribution is -2.48. The molecule has 1 aliphatic carbocycles. The molecular formula is C15H30ClN3O2. The van der Waals surface area contributed by atoms with Crippen LogP contribution in [-0.4, -0.2) is 30.4 Å². The second-order valence-electron chi connectivity index (χ2n) is 6.10. The summed E-state index contributed by atoms with van der Waals surface area (Å²) in [4.78, 5) is 23.5. The molecule has 21 heavy (non-hydrogen) atoms. The summed E-state index contributed by atoms with van der Waals surface area (Å²) in [5.41, 5.74) is 5.72. The van der Waals surface area contributed by atoms with Crippen molar-refractivity contribution in [2.75, 3.05) is 6.54 Å². The number of carbonyl (C=O) groups excluding carboxylic acids is 2. The molecule has 124 valence electrons. The van der Waals surface area contributed by atoms with E-state index >= 15 is 0 Å². The van der Waals surface area contributed by atoms with Gasteiger partial charge in [0.15, 0.2) is 0 Å². The van der Waals surface area contributed by atoms with E-state index in [1.165, 1.54) is 32.1 Å². The van der Waals surface area contributed by atoms with Crippen LogP contribution in [0.3, 0.4) is 0 Å².